The van der Waals surface area contributed by atoms with Crippen LogP contribution in [0.25, 0.3) is 0 Å². The number of nitrogens with one attached hydrogen (secondary N) is 5. The van der Waals surface area contributed by atoms with E-state index >= 15 is 0 Å². The third kappa shape index (κ3) is 17.9. The Balaban J connectivity index is 5.18. The number of guanidine groups is 1. The second-order valence-electron chi connectivity index (χ2n) is 9.23. The van der Waals surface area contributed by atoms with Crippen molar-refractivity contribution in [2.24, 2.45) is 16.5 Å². The number of aliphatic hydroxyl groups excluding tert-OH is 2. The number of rotatable bonds is 22. The number of aliphatic carboxylic acids is 2. The lowest BCUT2D eigenvalue weighted by Gasteiger charge is -2.22. The van der Waals surface area contributed by atoms with Crippen LogP contribution in [0, 0.1) is 0 Å². The van der Waals surface area contributed by atoms with Crippen molar-refractivity contribution in [2.75, 3.05) is 39.4 Å². The third-order valence-corrected chi connectivity index (χ3v) is 5.30. The van der Waals surface area contributed by atoms with Crippen molar-refractivity contribution >= 4 is 47.5 Å². The number of ether oxygens (including phenoxy) is 1. The van der Waals surface area contributed by atoms with Gasteiger partial charge in [-0.05, 0) is 19.8 Å². The highest BCUT2D eigenvalue weighted by Crippen LogP contribution is 2.00. The van der Waals surface area contributed by atoms with Gasteiger partial charge in [0, 0.05) is 18.7 Å². The zero-order valence-corrected chi connectivity index (χ0v) is 24.0. The number of carbonyl (C=O) groups is 7. The van der Waals surface area contributed by atoms with Crippen LogP contribution in [0.5, 0.6) is 0 Å². The Hall–Kier alpha value is -4.82. The molecule has 0 aliphatic heterocycles. The van der Waals surface area contributed by atoms with Crippen molar-refractivity contribution in [3.8, 4) is 0 Å². The number of carbonyl (C=O) groups excluding carboxylic acids is 5. The first kappa shape index (κ1) is 39.2. The molecule has 0 saturated carbocycles. The Morgan fingerprint density at radius 1 is 0.886 bits per heavy atom. The monoisotopic (exact) mass is 632 g/mol. The molecule has 0 bridgehead atoms. The molecule has 20 nitrogen and oxygen atoms in total. The van der Waals surface area contributed by atoms with E-state index in [4.69, 9.17) is 21.3 Å². The smallest absolute Gasteiger partial charge is 0.333 e. The molecule has 0 fully saturated rings. The highest BCUT2D eigenvalue weighted by atomic mass is 16.5. The molecular formula is C24H40N8O12. The minimum Gasteiger partial charge on any atom is -0.481 e. The van der Waals surface area contributed by atoms with Gasteiger partial charge in [-0.1, -0.05) is 6.58 Å². The van der Waals surface area contributed by atoms with Crippen molar-refractivity contribution in [1.82, 2.24) is 26.6 Å². The average Bonchev–Trinajstić information content (AvgIpc) is 2.94. The zero-order chi connectivity index (χ0) is 33.8. The zero-order valence-electron chi connectivity index (χ0n) is 24.0. The van der Waals surface area contributed by atoms with E-state index < -0.39 is 98.5 Å². The van der Waals surface area contributed by atoms with Crippen molar-refractivity contribution < 1.29 is 58.7 Å². The molecule has 0 spiro atoms. The summed E-state index contributed by atoms with van der Waals surface area (Å²) in [5.74, 6) is -7.65. The van der Waals surface area contributed by atoms with Crippen LogP contribution in [0.15, 0.2) is 17.1 Å². The summed E-state index contributed by atoms with van der Waals surface area (Å²) in [7, 11) is 0. The minimum absolute atomic E-state index is 0.0137. The number of carboxylic acid groups (broad SMARTS) is 2. The fraction of sp³-hybridized carbons (Fsp3) is 0.583. The molecule has 20 heteroatoms. The number of nitrogens with zero attached hydrogens (tertiary/aromatic N) is 1. The number of hydrogen-bond acceptors (Lipinski definition) is 12. The van der Waals surface area contributed by atoms with Crippen molar-refractivity contribution in [3.05, 3.63) is 12.2 Å². The maximum Gasteiger partial charge on any atom is 0.333 e. The van der Waals surface area contributed by atoms with Gasteiger partial charge >= 0.3 is 17.9 Å². The normalized spacial score (nSPS) is 13.2. The number of hydrogen-bond donors (Lipinski definition) is 11. The molecule has 0 saturated heterocycles. The minimum atomic E-state index is -1.71. The fourth-order valence-electron chi connectivity index (χ4n) is 3.12. The molecule has 248 valence electrons. The summed E-state index contributed by atoms with van der Waals surface area (Å²) in [6, 6.07) is -4.37. The lowest BCUT2D eigenvalue weighted by molar-refractivity contribution is -0.142. The van der Waals surface area contributed by atoms with Gasteiger partial charge < -0.3 is 63.2 Å². The molecule has 0 aromatic heterocycles. The predicted molar refractivity (Wildman–Crippen MR) is 150 cm³/mol. The van der Waals surface area contributed by atoms with Crippen LogP contribution in [0.3, 0.4) is 0 Å². The van der Waals surface area contributed by atoms with Crippen molar-refractivity contribution in [3.63, 3.8) is 0 Å². The Morgan fingerprint density at radius 2 is 1.50 bits per heavy atom. The Bertz CT molecular complexity index is 1080. The number of aliphatic hydroxyl groups is 2. The summed E-state index contributed by atoms with van der Waals surface area (Å²) in [6.45, 7) is 1.75. The molecule has 0 aliphatic rings. The second kappa shape index (κ2) is 21.0. The van der Waals surface area contributed by atoms with Crippen LogP contribution in [-0.2, 0) is 38.3 Å². The van der Waals surface area contributed by atoms with Crippen LogP contribution < -0.4 is 38.1 Å². The fourth-order valence-corrected chi connectivity index (χ4v) is 3.12. The lowest BCUT2D eigenvalue weighted by atomic mass is 10.1. The molecule has 0 heterocycles. The van der Waals surface area contributed by atoms with Gasteiger partial charge in [0.25, 0.3) is 0 Å². The molecule has 0 rings (SSSR count). The first-order chi connectivity index (χ1) is 20.6. The summed E-state index contributed by atoms with van der Waals surface area (Å²) < 4.78 is 4.77. The molecule has 0 radical (unpaired) electrons. The molecular weight excluding hydrogens is 592 g/mol. The Kier molecular flexibility index (Phi) is 18.7. The number of carboxylic acids is 2. The largest absolute Gasteiger partial charge is 0.481 e. The van der Waals surface area contributed by atoms with Crippen LogP contribution >= 0.6 is 0 Å². The van der Waals surface area contributed by atoms with E-state index in [0.717, 1.165) is 0 Å². The van der Waals surface area contributed by atoms with Gasteiger partial charge in [-0.25, -0.2) is 4.79 Å². The van der Waals surface area contributed by atoms with Crippen LogP contribution in [0.2, 0.25) is 0 Å². The molecule has 0 aromatic carbocycles. The van der Waals surface area contributed by atoms with E-state index in [1.54, 1.807) is 0 Å². The molecule has 4 atom stereocenters. The van der Waals surface area contributed by atoms with Gasteiger partial charge in [-0.2, -0.15) is 0 Å². The average molecular weight is 633 g/mol. The summed E-state index contributed by atoms with van der Waals surface area (Å²) >= 11 is 0. The SMILES string of the molecule is C=C(C)C(=O)OCC(O)CN[C@@H](CO)C(=O)N[C@@H](CC(=O)O)C(=O)NCC(=O)N[C@@H](CCCN=C(N)N)C(=O)NCC(=O)O. The van der Waals surface area contributed by atoms with E-state index in [-0.39, 0.29) is 37.5 Å². The third-order valence-electron chi connectivity index (χ3n) is 5.30. The summed E-state index contributed by atoms with van der Waals surface area (Å²) in [5, 5.41) is 48.6. The van der Waals surface area contributed by atoms with Gasteiger partial charge in [-0.15, -0.1) is 0 Å². The van der Waals surface area contributed by atoms with Crippen LogP contribution in [0.4, 0.5) is 0 Å². The van der Waals surface area contributed by atoms with E-state index in [1.165, 1.54) is 6.92 Å². The number of amides is 4. The number of esters is 1. The summed E-state index contributed by atoms with van der Waals surface area (Å²) in [6.07, 6.45) is -2.01. The Labute approximate surface area is 251 Å². The molecule has 44 heavy (non-hydrogen) atoms. The maximum atomic E-state index is 12.6. The quantitative estimate of drug-likeness (QED) is 0.0174. The van der Waals surface area contributed by atoms with Gasteiger partial charge in [0.1, 0.15) is 37.4 Å². The molecule has 0 aromatic rings. The van der Waals surface area contributed by atoms with Gasteiger partial charge in [0.05, 0.1) is 19.6 Å². The van der Waals surface area contributed by atoms with E-state index in [9.17, 15) is 48.9 Å². The first-order valence-corrected chi connectivity index (χ1v) is 13.1. The predicted octanol–water partition coefficient (Wildman–Crippen LogP) is -5.77. The lowest BCUT2D eigenvalue weighted by Crippen LogP contribution is -2.56. The standard InChI is InChI=1S/C24H40N8O12/c1-12(2)23(43)44-11-13(34)7-28-16(10-33)22(42)32-15(6-18(36)37)21(41)29-8-17(35)31-14(4-3-5-27-24(25)26)20(40)30-9-19(38)39/h13-16,28,33-34H,1,3-11H2,2H3,(H,29,41)(H,30,40)(H,31,35)(H,32,42)(H,36,37)(H,38,39)(H4,25,26,27)/t13?,14-,15-,16-/m0/s1. The Morgan fingerprint density at radius 3 is 2.05 bits per heavy atom. The van der Waals surface area contributed by atoms with Gasteiger partial charge in [0.15, 0.2) is 5.96 Å². The van der Waals surface area contributed by atoms with Gasteiger partial charge in [0.2, 0.25) is 23.6 Å². The van der Waals surface area contributed by atoms with Crippen LogP contribution in [0.1, 0.15) is 26.2 Å². The summed E-state index contributed by atoms with van der Waals surface area (Å²) in [4.78, 5) is 87.2. The van der Waals surface area contributed by atoms with E-state index in [1.807, 2.05) is 0 Å². The number of nitrogens with two attached hydrogens (primary N) is 2. The molecule has 0 aliphatic carbocycles. The second-order valence-corrected chi connectivity index (χ2v) is 9.23. The molecule has 13 N–H and O–H groups in total. The maximum absolute atomic E-state index is 12.6. The number of aliphatic imine (C=N–C) groups is 1. The van der Waals surface area contributed by atoms with Gasteiger partial charge in [-0.3, -0.25) is 33.8 Å². The van der Waals surface area contributed by atoms with E-state index in [2.05, 4.69) is 38.2 Å². The van der Waals surface area contributed by atoms with Crippen LogP contribution in [-0.4, -0.2) is 132 Å². The first-order valence-electron chi connectivity index (χ1n) is 13.1. The van der Waals surface area contributed by atoms with Crippen molar-refractivity contribution in [1.29, 1.82) is 0 Å². The molecule has 4 amide bonds. The molecule has 1 unspecified atom stereocenters. The topological polar surface area (TPSA) is 334 Å². The van der Waals surface area contributed by atoms with E-state index in [0.29, 0.717) is 0 Å². The van der Waals surface area contributed by atoms with Crippen molar-refractivity contribution in [2.45, 2.75) is 50.4 Å². The highest BCUT2D eigenvalue weighted by Gasteiger charge is 2.28. The summed E-state index contributed by atoms with van der Waals surface area (Å²) in [5.41, 5.74) is 10.6. The highest BCUT2D eigenvalue weighted by molar-refractivity contribution is 5.95.